The summed E-state index contributed by atoms with van der Waals surface area (Å²) in [6.45, 7) is 3.69. The fourth-order valence-corrected chi connectivity index (χ4v) is 2.82. The number of aromatic nitrogens is 4. The van der Waals surface area contributed by atoms with E-state index in [1.165, 1.54) is 0 Å². The molecule has 0 aromatic carbocycles. The van der Waals surface area contributed by atoms with Gasteiger partial charge in [-0.25, -0.2) is 4.98 Å². The number of aryl methyl sites for hydroxylation is 1. The molecule has 3 rings (SSSR count). The minimum atomic E-state index is 0.681. The quantitative estimate of drug-likeness (QED) is 0.733. The summed E-state index contributed by atoms with van der Waals surface area (Å²) in [5.74, 6) is 1.55. The standard InChI is InChI=1S/C14H18N6S/c1-3-5-15-14-18-12(11-4-6-21-13(11)19-14)16-7-10-8-17-20(2)9-10/h4,6,8-9H,3,5,7H2,1-2H3,(H2,15,16,18,19). The van der Waals surface area contributed by atoms with Crippen LogP contribution in [0.4, 0.5) is 11.8 Å². The zero-order chi connectivity index (χ0) is 14.7. The number of fused-ring (bicyclic) bond motifs is 1. The van der Waals surface area contributed by atoms with E-state index in [2.05, 4.69) is 38.7 Å². The Bertz CT molecular complexity index is 732. The number of thiophene rings is 1. The highest BCUT2D eigenvalue weighted by Gasteiger charge is 2.09. The number of hydrogen-bond acceptors (Lipinski definition) is 6. The topological polar surface area (TPSA) is 67.7 Å². The molecule has 6 nitrogen and oxygen atoms in total. The third kappa shape index (κ3) is 3.13. The van der Waals surface area contributed by atoms with Crippen LogP contribution in [0.1, 0.15) is 18.9 Å². The molecule has 0 bridgehead atoms. The first-order chi connectivity index (χ1) is 10.3. The predicted octanol–water partition coefficient (Wildman–Crippen LogP) is 2.86. The molecule has 21 heavy (non-hydrogen) atoms. The van der Waals surface area contributed by atoms with Gasteiger partial charge < -0.3 is 10.6 Å². The Balaban J connectivity index is 1.83. The Morgan fingerprint density at radius 2 is 2.19 bits per heavy atom. The molecule has 0 spiro atoms. The lowest BCUT2D eigenvalue weighted by atomic mass is 10.3. The Morgan fingerprint density at radius 3 is 2.95 bits per heavy atom. The summed E-state index contributed by atoms with van der Waals surface area (Å²) in [7, 11) is 1.91. The second-order valence-corrected chi connectivity index (χ2v) is 5.73. The molecule has 0 aliphatic heterocycles. The maximum absolute atomic E-state index is 4.58. The van der Waals surface area contributed by atoms with Crippen molar-refractivity contribution in [3.8, 4) is 0 Å². The first-order valence-corrected chi connectivity index (χ1v) is 7.84. The zero-order valence-corrected chi connectivity index (χ0v) is 12.9. The summed E-state index contributed by atoms with van der Waals surface area (Å²) in [6, 6.07) is 2.05. The molecule has 0 radical (unpaired) electrons. The molecule has 110 valence electrons. The molecule has 0 unspecified atom stereocenters. The molecule has 3 aromatic heterocycles. The highest BCUT2D eigenvalue weighted by Crippen LogP contribution is 2.26. The number of hydrogen-bond donors (Lipinski definition) is 2. The smallest absolute Gasteiger partial charge is 0.226 e. The number of rotatable bonds is 6. The van der Waals surface area contributed by atoms with Crippen LogP contribution in [-0.2, 0) is 13.6 Å². The van der Waals surface area contributed by atoms with Crippen molar-refractivity contribution in [3.05, 3.63) is 29.4 Å². The molecule has 3 aromatic rings. The molecule has 0 saturated carbocycles. The first-order valence-electron chi connectivity index (χ1n) is 6.96. The van der Waals surface area contributed by atoms with Crippen molar-refractivity contribution in [3.63, 3.8) is 0 Å². The van der Waals surface area contributed by atoms with Crippen molar-refractivity contribution >= 4 is 33.3 Å². The monoisotopic (exact) mass is 302 g/mol. The normalized spacial score (nSPS) is 11.0. The molecule has 0 saturated heterocycles. The molecule has 0 aliphatic carbocycles. The Morgan fingerprint density at radius 1 is 1.29 bits per heavy atom. The fraction of sp³-hybridized carbons (Fsp3) is 0.357. The van der Waals surface area contributed by atoms with Crippen LogP contribution in [0.3, 0.4) is 0 Å². The second-order valence-electron chi connectivity index (χ2n) is 4.84. The van der Waals surface area contributed by atoms with E-state index in [1.54, 1.807) is 16.0 Å². The SMILES string of the molecule is CCCNc1nc(NCc2cnn(C)c2)c2ccsc2n1. The van der Waals surface area contributed by atoms with Crippen molar-refractivity contribution in [1.29, 1.82) is 0 Å². The van der Waals surface area contributed by atoms with Crippen LogP contribution in [0.2, 0.25) is 0 Å². The van der Waals surface area contributed by atoms with Gasteiger partial charge in [0.15, 0.2) is 0 Å². The van der Waals surface area contributed by atoms with Crippen LogP contribution in [0, 0.1) is 0 Å². The molecule has 0 amide bonds. The molecule has 0 fully saturated rings. The van der Waals surface area contributed by atoms with Crippen molar-refractivity contribution in [2.75, 3.05) is 17.2 Å². The van der Waals surface area contributed by atoms with Gasteiger partial charge in [0.05, 0.1) is 11.6 Å². The van der Waals surface area contributed by atoms with Crippen molar-refractivity contribution in [2.45, 2.75) is 19.9 Å². The molecule has 0 atom stereocenters. The van der Waals surface area contributed by atoms with Crippen molar-refractivity contribution in [2.24, 2.45) is 7.05 Å². The summed E-state index contributed by atoms with van der Waals surface area (Å²) in [5, 5.41) is 13.9. The van der Waals surface area contributed by atoms with Gasteiger partial charge in [-0.1, -0.05) is 6.92 Å². The fourth-order valence-electron chi connectivity index (χ4n) is 2.05. The third-order valence-electron chi connectivity index (χ3n) is 3.08. The van der Waals surface area contributed by atoms with E-state index in [4.69, 9.17) is 0 Å². The van der Waals surface area contributed by atoms with Crippen LogP contribution in [0.5, 0.6) is 0 Å². The molecule has 0 aliphatic rings. The van der Waals surface area contributed by atoms with Gasteiger partial charge in [-0.15, -0.1) is 11.3 Å². The summed E-state index contributed by atoms with van der Waals surface area (Å²) in [6.07, 6.45) is 4.90. The summed E-state index contributed by atoms with van der Waals surface area (Å²) < 4.78 is 1.80. The Kier molecular flexibility index (Phi) is 4.01. The molecular formula is C14H18N6S. The van der Waals surface area contributed by atoms with Gasteiger partial charge in [0, 0.05) is 31.9 Å². The van der Waals surface area contributed by atoms with Gasteiger partial charge in [-0.3, -0.25) is 4.68 Å². The Hall–Kier alpha value is -2.15. The lowest BCUT2D eigenvalue weighted by Crippen LogP contribution is -2.07. The average Bonchev–Trinajstić information content (AvgIpc) is 3.11. The van der Waals surface area contributed by atoms with Gasteiger partial charge in [-0.05, 0) is 17.9 Å². The van der Waals surface area contributed by atoms with E-state index in [9.17, 15) is 0 Å². The van der Waals surface area contributed by atoms with Crippen LogP contribution in [-0.4, -0.2) is 26.3 Å². The summed E-state index contributed by atoms with van der Waals surface area (Å²) >= 11 is 1.63. The number of nitrogens with one attached hydrogen (secondary N) is 2. The van der Waals surface area contributed by atoms with Gasteiger partial charge >= 0.3 is 0 Å². The largest absolute Gasteiger partial charge is 0.365 e. The minimum Gasteiger partial charge on any atom is -0.365 e. The maximum atomic E-state index is 4.58. The summed E-state index contributed by atoms with van der Waals surface area (Å²) in [5.41, 5.74) is 1.13. The van der Waals surface area contributed by atoms with Gasteiger partial charge in [0.2, 0.25) is 5.95 Å². The number of nitrogens with zero attached hydrogens (tertiary/aromatic N) is 4. The van der Waals surface area contributed by atoms with E-state index in [-0.39, 0.29) is 0 Å². The lowest BCUT2D eigenvalue weighted by Gasteiger charge is -2.09. The van der Waals surface area contributed by atoms with E-state index >= 15 is 0 Å². The van der Waals surface area contributed by atoms with Gasteiger partial charge in [0.25, 0.3) is 0 Å². The average molecular weight is 302 g/mol. The molecular weight excluding hydrogens is 284 g/mol. The maximum Gasteiger partial charge on any atom is 0.226 e. The van der Waals surface area contributed by atoms with Crippen LogP contribution < -0.4 is 10.6 Å². The summed E-state index contributed by atoms with van der Waals surface area (Å²) in [4.78, 5) is 10.1. The second kappa shape index (κ2) is 6.09. The minimum absolute atomic E-state index is 0.681. The lowest BCUT2D eigenvalue weighted by molar-refractivity contribution is 0.767. The van der Waals surface area contributed by atoms with Crippen LogP contribution in [0.25, 0.3) is 10.2 Å². The molecule has 2 N–H and O–H groups in total. The van der Waals surface area contributed by atoms with Crippen molar-refractivity contribution in [1.82, 2.24) is 19.7 Å². The van der Waals surface area contributed by atoms with Gasteiger partial charge in [-0.2, -0.15) is 10.1 Å². The van der Waals surface area contributed by atoms with Gasteiger partial charge in [0.1, 0.15) is 10.6 Å². The third-order valence-corrected chi connectivity index (χ3v) is 3.88. The van der Waals surface area contributed by atoms with E-state index in [1.807, 2.05) is 24.8 Å². The highest BCUT2D eigenvalue weighted by atomic mass is 32.1. The predicted molar refractivity (Wildman–Crippen MR) is 86.7 cm³/mol. The molecule has 3 heterocycles. The van der Waals surface area contributed by atoms with E-state index < -0.39 is 0 Å². The van der Waals surface area contributed by atoms with E-state index in [0.717, 1.165) is 34.6 Å². The van der Waals surface area contributed by atoms with E-state index in [0.29, 0.717) is 12.5 Å². The molecule has 7 heteroatoms. The zero-order valence-electron chi connectivity index (χ0n) is 12.1. The highest BCUT2D eigenvalue weighted by molar-refractivity contribution is 7.16. The van der Waals surface area contributed by atoms with Crippen molar-refractivity contribution < 1.29 is 0 Å². The first kappa shape index (κ1) is 13.8. The van der Waals surface area contributed by atoms with Crippen LogP contribution in [0.15, 0.2) is 23.8 Å². The van der Waals surface area contributed by atoms with Crippen LogP contribution >= 0.6 is 11.3 Å². The number of anilines is 2. The Labute approximate surface area is 127 Å².